The first-order valence-corrected chi connectivity index (χ1v) is 10.6. The molecule has 0 amide bonds. The van der Waals surface area contributed by atoms with Crippen molar-refractivity contribution in [1.29, 1.82) is 0 Å². The van der Waals surface area contributed by atoms with E-state index in [-0.39, 0.29) is 22.9 Å². The molecule has 0 unspecified atom stereocenters. The average molecular weight is 379 g/mol. The zero-order valence-electron chi connectivity index (χ0n) is 17.1. The summed E-state index contributed by atoms with van der Waals surface area (Å²) in [7, 11) is 1.70. The molecule has 0 spiro atoms. The number of fused-ring (bicyclic) bond motifs is 5. The molecule has 1 N–H and O–H groups in total. The minimum absolute atomic E-state index is 0.159. The van der Waals surface area contributed by atoms with Crippen LogP contribution in [-0.2, 0) is 19.1 Å². The van der Waals surface area contributed by atoms with Crippen LogP contribution in [0.4, 0.5) is 0 Å². The van der Waals surface area contributed by atoms with Gasteiger partial charge in [0.15, 0.2) is 0 Å². The highest BCUT2D eigenvalue weighted by Gasteiger charge is 2.68. The van der Waals surface area contributed by atoms with Crippen molar-refractivity contribution in [2.45, 2.75) is 89.9 Å². The molecule has 5 heteroatoms. The first-order valence-electron chi connectivity index (χ1n) is 10.6. The first-order chi connectivity index (χ1) is 12.7. The van der Waals surface area contributed by atoms with Gasteiger partial charge in [-0.2, -0.15) is 0 Å². The standard InChI is InChI=1S/C22H34O5/c1-13(23)27-14-7-10-21(3)17-8-9-20(2)16(5-6-18(20)24)15(17)11-19(25)22(21,12-14)26-4/h14-17,19,25H,5-12H2,1-4H3/t14-,15-,16-,17-,19+,20-,21+,22-/m0/s1. The van der Waals surface area contributed by atoms with E-state index in [0.29, 0.717) is 42.8 Å². The van der Waals surface area contributed by atoms with Crippen LogP contribution in [0.15, 0.2) is 0 Å². The van der Waals surface area contributed by atoms with Crippen molar-refractivity contribution in [2.24, 2.45) is 28.6 Å². The third kappa shape index (κ3) is 2.50. The van der Waals surface area contributed by atoms with Gasteiger partial charge >= 0.3 is 5.97 Å². The van der Waals surface area contributed by atoms with Crippen LogP contribution in [0.3, 0.4) is 0 Å². The Bertz CT molecular complexity index is 647. The normalized spacial score (nSPS) is 51.9. The molecule has 4 rings (SSSR count). The van der Waals surface area contributed by atoms with Gasteiger partial charge in [0.2, 0.25) is 0 Å². The lowest BCUT2D eigenvalue weighted by atomic mass is 9.43. The summed E-state index contributed by atoms with van der Waals surface area (Å²) in [6.45, 7) is 5.88. The van der Waals surface area contributed by atoms with E-state index in [1.165, 1.54) is 6.92 Å². The van der Waals surface area contributed by atoms with E-state index < -0.39 is 11.7 Å². The number of aliphatic hydroxyl groups is 1. The summed E-state index contributed by atoms with van der Waals surface area (Å²) >= 11 is 0. The Morgan fingerprint density at radius 1 is 1.15 bits per heavy atom. The fourth-order valence-corrected chi connectivity index (χ4v) is 7.78. The fourth-order valence-electron chi connectivity index (χ4n) is 7.78. The number of carbonyl (C=O) groups excluding carboxylic acids is 2. The number of ether oxygens (including phenoxy) is 2. The second-order valence-corrected chi connectivity index (χ2v) is 10.0. The topological polar surface area (TPSA) is 72.8 Å². The highest BCUT2D eigenvalue weighted by atomic mass is 16.5. The molecule has 4 saturated carbocycles. The molecule has 0 heterocycles. The lowest BCUT2D eigenvalue weighted by Crippen LogP contribution is -2.69. The van der Waals surface area contributed by atoms with Crippen LogP contribution in [-0.4, -0.2) is 41.8 Å². The van der Waals surface area contributed by atoms with Crippen molar-refractivity contribution in [3.05, 3.63) is 0 Å². The van der Waals surface area contributed by atoms with Gasteiger partial charge in [-0.05, 0) is 56.3 Å². The molecule has 4 aliphatic rings. The molecule has 0 aromatic carbocycles. The van der Waals surface area contributed by atoms with Crippen molar-refractivity contribution in [2.75, 3.05) is 7.11 Å². The van der Waals surface area contributed by atoms with Crippen LogP contribution in [0.5, 0.6) is 0 Å². The Morgan fingerprint density at radius 3 is 2.56 bits per heavy atom. The van der Waals surface area contributed by atoms with E-state index in [4.69, 9.17) is 9.47 Å². The van der Waals surface area contributed by atoms with Gasteiger partial charge in [-0.25, -0.2) is 0 Å². The molecule has 27 heavy (non-hydrogen) atoms. The molecule has 4 fully saturated rings. The molecule has 0 radical (unpaired) electrons. The maximum absolute atomic E-state index is 12.6. The quantitative estimate of drug-likeness (QED) is 0.747. The van der Waals surface area contributed by atoms with Crippen molar-refractivity contribution in [1.82, 2.24) is 0 Å². The van der Waals surface area contributed by atoms with Crippen LogP contribution in [0.2, 0.25) is 0 Å². The fraction of sp³-hybridized carbons (Fsp3) is 0.909. The molecule has 0 bridgehead atoms. The molecule has 0 aromatic heterocycles. The van der Waals surface area contributed by atoms with E-state index in [1.807, 2.05) is 0 Å². The number of methoxy groups -OCH3 is 1. The van der Waals surface area contributed by atoms with E-state index in [0.717, 1.165) is 32.1 Å². The SMILES string of the molecule is CO[C@]12C[C@@H](OC(C)=O)CC[C@]1(C)[C@H]1CC[C@]3(C)C(=O)CC[C@H]3[C@@H]1C[C@H]2O. The summed E-state index contributed by atoms with van der Waals surface area (Å²) < 4.78 is 11.6. The maximum Gasteiger partial charge on any atom is 0.302 e. The number of ketones is 1. The zero-order chi connectivity index (χ0) is 19.6. The van der Waals surface area contributed by atoms with Crippen LogP contribution >= 0.6 is 0 Å². The summed E-state index contributed by atoms with van der Waals surface area (Å²) in [6.07, 6.45) is 5.81. The Kier molecular flexibility index (Phi) is 4.51. The van der Waals surface area contributed by atoms with E-state index in [2.05, 4.69) is 13.8 Å². The van der Waals surface area contributed by atoms with Crippen molar-refractivity contribution >= 4 is 11.8 Å². The largest absolute Gasteiger partial charge is 0.462 e. The Labute approximate surface area is 162 Å². The van der Waals surface area contributed by atoms with Crippen LogP contribution in [0, 0.1) is 28.6 Å². The lowest BCUT2D eigenvalue weighted by Gasteiger charge is -2.66. The average Bonchev–Trinajstić information content (AvgIpc) is 2.91. The third-order valence-electron chi connectivity index (χ3n) is 9.18. The lowest BCUT2D eigenvalue weighted by molar-refractivity contribution is -0.275. The van der Waals surface area contributed by atoms with E-state index in [1.54, 1.807) is 7.11 Å². The zero-order valence-corrected chi connectivity index (χ0v) is 17.1. The predicted molar refractivity (Wildman–Crippen MR) is 99.9 cm³/mol. The molecule has 0 aromatic rings. The van der Waals surface area contributed by atoms with Crippen molar-refractivity contribution < 1.29 is 24.2 Å². The van der Waals surface area contributed by atoms with Gasteiger partial charge in [0.1, 0.15) is 17.5 Å². The number of hydrogen-bond donors (Lipinski definition) is 1. The van der Waals surface area contributed by atoms with E-state index in [9.17, 15) is 14.7 Å². The van der Waals surface area contributed by atoms with Gasteiger partial charge in [-0.15, -0.1) is 0 Å². The molecule has 8 atom stereocenters. The summed E-state index contributed by atoms with van der Waals surface area (Å²) in [6, 6.07) is 0. The number of Topliss-reactive ketones (excluding diaryl/α,β-unsaturated/α-hetero) is 1. The molecular formula is C22H34O5. The number of carbonyl (C=O) groups is 2. The maximum atomic E-state index is 12.6. The molecule has 5 nitrogen and oxygen atoms in total. The van der Waals surface area contributed by atoms with Crippen LogP contribution in [0.25, 0.3) is 0 Å². The van der Waals surface area contributed by atoms with Gasteiger partial charge < -0.3 is 14.6 Å². The smallest absolute Gasteiger partial charge is 0.302 e. The minimum atomic E-state index is -0.678. The third-order valence-corrected chi connectivity index (χ3v) is 9.18. The first kappa shape index (κ1) is 19.4. The number of aliphatic hydroxyl groups excluding tert-OH is 1. The molecular weight excluding hydrogens is 344 g/mol. The Hall–Kier alpha value is -0.940. The van der Waals surface area contributed by atoms with Gasteiger partial charge in [-0.1, -0.05) is 13.8 Å². The van der Waals surface area contributed by atoms with Crippen LogP contribution < -0.4 is 0 Å². The molecule has 0 saturated heterocycles. The summed E-state index contributed by atoms with van der Waals surface area (Å²) in [5.74, 6) is 1.37. The highest BCUT2D eigenvalue weighted by molar-refractivity contribution is 5.87. The second-order valence-electron chi connectivity index (χ2n) is 10.0. The van der Waals surface area contributed by atoms with Gasteiger partial charge in [-0.3, -0.25) is 9.59 Å². The van der Waals surface area contributed by atoms with Crippen LogP contribution in [0.1, 0.15) is 72.1 Å². The number of rotatable bonds is 2. The van der Waals surface area contributed by atoms with Crippen molar-refractivity contribution in [3.63, 3.8) is 0 Å². The number of esters is 1. The highest BCUT2D eigenvalue weighted by Crippen LogP contribution is 2.67. The van der Waals surface area contributed by atoms with E-state index >= 15 is 0 Å². The summed E-state index contributed by atoms with van der Waals surface area (Å²) in [4.78, 5) is 24.1. The summed E-state index contributed by atoms with van der Waals surface area (Å²) in [5.41, 5.74) is -1.03. The summed E-state index contributed by atoms with van der Waals surface area (Å²) in [5, 5.41) is 11.3. The van der Waals surface area contributed by atoms with Gasteiger partial charge in [0, 0.05) is 37.7 Å². The number of hydrogen-bond acceptors (Lipinski definition) is 5. The minimum Gasteiger partial charge on any atom is -0.462 e. The van der Waals surface area contributed by atoms with Gasteiger partial charge in [0.05, 0.1) is 6.10 Å². The molecule has 152 valence electrons. The monoisotopic (exact) mass is 378 g/mol. The van der Waals surface area contributed by atoms with Crippen molar-refractivity contribution in [3.8, 4) is 0 Å². The molecule has 4 aliphatic carbocycles. The molecule has 0 aliphatic heterocycles. The van der Waals surface area contributed by atoms with Gasteiger partial charge in [0.25, 0.3) is 0 Å². The Balaban J connectivity index is 1.68. The second kappa shape index (κ2) is 6.28. The Morgan fingerprint density at radius 2 is 1.89 bits per heavy atom. The predicted octanol–water partition coefficient (Wildman–Crippen LogP) is 3.27.